The topological polar surface area (TPSA) is 21.3 Å². The molecular weight excluding hydrogens is 305 g/mol. The van der Waals surface area contributed by atoms with Gasteiger partial charge in [-0.3, -0.25) is 0 Å². The summed E-state index contributed by atoms with van der Waals surface area (Å²) >= 11 is 18.3. The van der Waals surface area contributed by atoms with Crippen LogP contribution in [0.4, 0.5) is 0 Å². The van der Waals surface area contributed by atoms with E-state index < -0.39 is 0 Å². The second kappa shape index (κ2) is 6.64. The van der Waals surface area contributed by atoms with Crippen LogP contribution in [-0.2, 0) is 4.74 Å². The number of hydrogen-bond donors (Lipinski definition) is 1. The second-order valence-corrected chi connectivity index (χ2v) is 6.23. The average molecular weight is 323 g/mol. The number of halogens is 3. The summed E-state index contributed by atoms with van der Waals surface area (Å²) in [4.78, 5) is 0. The fraction of sp³-hybridized carbons (Fsp3) is 0.571. The molecule has 2 rings (SSSR count). The van der Waals surface area contributed by atoms with Crippen molar-refractivity contribution in [1.29, 1.82) is 0 Å². The van der Waals surface area contributed by atoms with E-state index in [-0.39, 0.29) is 6.04 Å². The zero-order valence-electron chi connectivity index (χ0n) is 11.1. The van der Waals surface area contributed by atoms with Crippen LogP contribution >= 0.6 is 34.8 Å². The maximum Gasteiger partial charge on any atom is 0.0781 e. The van der Waals surface area contributed by atoms with Crippen molar-refractivity contribution in [2.45, 2.75) is 32.4 Å². The summed E-state index contributed by atoms with van der Waals surface area (Å²) in [6, 6.07) is 4.21. The molecule has 0 radical (unpaired) electrons. The molecular formula is C14H18Cl3NO. The van der Waals surface area contributed by atoms with Gasteiger partial charge in [0.2, 0.25) is 0 Å². The van der Waals surface area contributed by atoms with E-state index in [0.29, 0.717) is 27.0 Å². The molecule has 0 saturated carbocycles. The van der Waals surface area contributed by atoms with Gasteiger partial charge in [0.1, 0.15) is 0 Å². The Bertz CT molecular complexity index is 447. The summed E-state index contributed by atoms with van der Waals surface area (Å²) in [5.41, 5.74) is 0.974. The molecule has 1 aliphatic rings. The SMILES string of the molecule is CC(NC(C)C1CCOC1)c1ccc(Cl)c(Cl)c1Cl. The molecule has 0 bridgehead atoms. The maximum atomic E-state index is 6.26. The lowest BCUT2D eigenvalue weighted by Gasteiger charge is -2.25. The van der Waals surface area contributed by atoms with Gasteiger partial charge in [0.05, 0.1) is 21.7 Å². The van der Waals surface area contributed by atoms with Crippen molar-refractivity contribution in [3.8, 4) is 0 Å². The molecule has 1 N–H and O–H groups in total. The van der Waals surface area contributed by atoms with Gasteiger partial charge < -0.3 is 10.1 Å². The molecule has 1 fully saturated rings. The fourth-order valence-corrected chi connectivity index (χ4v) is 3.15. The summed E-state index contributed by atoms with van der Waals surface area (Å²) in [5, 5.41) is 5.00. The Morgan fingerprint density at radius 1 is 1.21 bits per heavy atom. The van der Waals surface area contributed by atoms with Crippen LogP contribution in [0.1, 0.15) is 31.9 Å². The van der Waals surface area contributed by atoms with E-state index in [2.05, 4.69) is 19.2 Å². The molecule has 0 spiro atoms. The highest BCUT2D eigenvalue weighted by Gasteiger charge is 2.24. The van der Waals surface area contributed by atoms with E-state index in [1.807, 2.05) is 6.07 Å². The van der Waals surface area contributed by atoms with Crippen LogP contribution < -0.4 is 5.32 Å². The third kappa shape index (κ3) is 3.56. The highest BCUT2D eigenvalue weighted by molar-refractivity contribution is 6.48. The van der Waals surface area contributed by atoms with Gasteiger partial charge in [-0.05, 0) is 37.8 Å². The lowest BCUT2D eigenvalue weighted by molar-refractivity contribution is 0.177. The molecule has 5 heteroatoms. The summed E-state index contributed by atoms with van der Waals surface area (Å²) in [6.45, 7) is 5.95. The van der Waals surface area contributed by atoms with E-state index in [0.717, 1.165) is 25.2 Å². The van der Waals surface area contributed by atoms with Gasteiger partial charge in [-0.25, -0.2) is 0 Å². The zero-order chi connectivity index (χ0) is 14.0. The van der Waals surface area contributed by atoms with Crippen molar-refractivity contribution in [2.75, 3.05) is 13.2 Å². The second-order valence-electron chi connectivity index (χ2n) is 5.07. The first kappa shape index (κ1) is 15.4. The largest absolute Gasteiger partial charge is 0.381 e. The van der Waals surface area contributed by atoms with Crippen LogP contribution in [0.25, 0.3) is 0 Å². The van der Waals surface area contributed by atoms with Gasteiger partial charge in [0.15, 0.2) is 0 Å². The van der Waals surface area contributed by atoms with Crippen LogP contribution in [0, 0.1) is 5.92 Å². The Morgan fingerprint density at radius 2 is 1.95 bits per heavy atom. The van der Waals surface area contributed by atoms with Crippen molar-refractivity contribution in [1.82, 2.24) is 5.32 Å². The van der Waals surface area contributed by atoms with E-state index >= 15 is 0 Å². The predicted molar refractivity (Wildman–Crippen MR) is 81.4 cm³/mol. The molecule has 1 aromatic rings. The first-order valence-corrected chi connectivity index (χ1v) is 7.61. The number of rotatable bonds is 4. The Hall–Kier alpha value is 0.01000. The summed E-state index contributed by atoms with van der Waals surface area (Å²) in [5.74, 6) is 0.559. The number of hydrogen-bond acceptors (Lipinski definition) is 2. The Morgan fingerprint density at radius 3 is 2.58 bits per heavy atom. The molecule has 3 unspecified atom stereocenters. The Labute approximate surface area is 129 Å². The van der Waals surface area contributed by atoms with Gasteiger partial charge in [0.25, 0.3) is 0 Å². The quantitative estimate of drug-likeness (QED) is 0.810. The van der Waals surface area contributed by atoms with Crippen LogP contribution in [0.15, 0.2) is 12.1 Å². The van der Waals surface area contributed by atoms with E-state index in [1.54, 1.807) is 6.07 Å². The first-order chi connectivity index (χ1) is 9.00. The van der Waals surface area contributed by atoms with Crippen molar-refractivity contribution in [3.63, 3.8) is 0 Å². The van der Waals surface area contributed by atoms with Crippen LogP contribution in [0.2, 0.25) is 15.1 Å². The van der Waals surface area contributed by atoms with Gasteiger partial charge >= 0.3 is 0 Å². The van der Waals surface area contributed by atoms with E-state index in [9.17, 15) is 0 Å². The predicted octanol–water partition coefficient (Wildman–Crippen LogP) is 4.72. The monoisotopic (exact) mass is 321 g/mol. The number of benzene rings is 1. The van der Waals surface area contributed by atoms with E-state index in [4.69, 9.17) is 39.5 Å². The molecule has 0 amide bonds. The van der Waals surface area contributed by atoms with Crippen LogP contribution in [0.5, 0.6) is 0 Å². The number of ether oxygens (including phenoxy) is 1. The molecule has 0 aliphatic carbocycles. The molecule has 1 aliphatic heterocycles. The highest BCUT2D eigenvalue weighted by Crippen LogP contribution is 2.35. The van der Waals surface area contributed by atoms with E-state index in [1.165, 1.54) is 0 Å². The summed E-state index contributed by atoms with van der Waals surface area (Å²) in [7, 11) is 0. The lowest BCUT2D eigenvalue weighted by atomic mass is 9.98. The molecule has 1 saturated heterocycles. The Balaban J connectivity index is 2.07. The molecule has 19 heavy (non-hydrogen) atoms. The summed E-state index contributed by atoms with van der Waals surface area (Å²) < 4.78 is 5.42. The number of nitrogens with one attached hydrogen (secondary N) is 1. The van der Waals surface area contributed by atoms with Crippen molar-refractivity contribution in [2.24, 2.45) is 5.92 Å². The molecule has 3 atom stereocenters. The third-order valence-electron chi connectivity index (χ3n) is 3.72. The minimum absolute atomic E-state index is 0.123. The molecule has 1 aromatic carbocycles. The minimum atomic E-state index is 0.123. The molecule has 1 heterocycles. The lowest BCUT2D eigenvalue weighted by Crippen LogP contribution is -2.35. The van der Waals surface area contributed by atoms with Crippen molar-refractivity contribution in [3.05, 3.63) is 32.8 Å². The normalized spacial score (nSPS) is 22.5. The zero-order valence-corrected chi connectivity index (χ0v) is 13.3. The maximum absolute atomic E-state index is 6.26. The van der Waals surface area contributed by atoms with Gasteiger partial charge in [-0.15, -0.1) is 0 Å². The van der Waals surface area contributed by atoms with Gasteiger partial charge in [-0.2, -0.15) is 0 Å². The standard InChI is InChI=1S/C14H18Cl3NO/c1-8(10-5-6-19-7-10)18-9(2)11-3-4-12(15)14(17)13(11)16/h3-4,8-10,18H,5-7H2,1-2H3. The third-order valence-corrected chi connectivity index (χ3v) is 5.02. The first-order valence-electron chi connectivity index (χ1n) is 6.48. The van der Waals surface area contributed by atoms with Crippen molar-refractivity contribution < 1.29 is 4.74 Å². The minimum Gasteiger partial charge on any atom is -0.381 e. The Kier molecular flexibility index (Phi) is 5.38. The average Bonchev–Trinajstić information content (AvgIpc) is 2.89. The molecule has 2 nitrogen and oxygen atoms in total. The van der Waals surface area contributed by atoms with Crippen LogP contribution in [0.3, 0.4) is 0 Å². The smallest absolute Gasteiger partial charge is 0.0781 e. The van der Waals surface area contributed by atoms with Crippen molar-refractivity contribution >= 4 is 34.8 Å². The summed E-state index contributed by atoms with van der Waals surface area (Å²) in [6.07, 6.45) is 1.11. The van der Waals surface area contributed by atoms with Gasteiger partial charge in [0, 0.05) is 18.7 Å². The van der Waals surface area contributed by atoms with Gasteiger partial charge in [-0.1, -0.05) is 40.9 Å². The molecule has 106 valence electrons. The van der Waals surface area contributed by atoms with Crippen LogP contribution in [-0.4, -0.2) is 19.3 Å². The molecule has 0 aromatic heterocycles. The highest BCUT2D eigenvalue weighted by atomic mass is 35.5. The fourth-order valence-electron chi connectivity index (χ4n) is 2.44.